The van der Waals surface area contributed by atoms with Crippen LogP contribution < -0.4 is 0 Å². The van der Waals surface area contributed by atoms with Gasteiger partial charge in [-0.2, -0.15) is 0 Å². The van der Waals surface area contributed by atoms with Gasteiger partial charge in [0.05, 0.1) is 30.0 Å². The lowest BCUT2D eigenvalue weighted by atomic mass is 9.79. The number of aliphatic hydroxyl groups excluding tert-OH is 1. The lowest BCUT2D eigenvalue weighted by Crippen LogP contribution is -2.63. The van der Waals surface area contributed by atoms with Crippen LogP contribution in [0, 0.1) is 17.3 Å². The summed E-state index contributed by atoms with van der Waals surface area (Å²) in [6.07, 6.45) is -0.799. The molecule has 4 aliphatic rings. The second-order valence-corrected chi connectivity index (χ2v) is 12.3. The molecule has 0 aromatic carbocycles. The Morgan fingerprint density at radius 1 is 1.30 bits per heavy atom. The van der Waals surface area contributed by atoms with E-state index >= 15 is 0 Å². The number of fused-ring (bicyclic) bond motifs is 1. The highest BCUT2D eigenvalue weighted by molar-refractivity contribution is 8.14. The van der Waals surface area contributed by atoms with E-state index in [4.69, 9.17) is 9.47 Å². The van der Waals surface area contributed by atoms with Crippen LogP contribution in [0.25, 0.3) is 0 Å². The van der Waals surface area contributed by atoms with Gasteiger partial charge in [-0.15, -0.1) is 11.8 Å². The van der Waals surface area contributed by atoms with Gasteiger partial charge in [-0.3, -0.25) is 14.6 Å². The number of aliphatic imine (C=N–C) groups is 1. The average molecular weight is 498 g/mol. The van der Waals surface area contributed by atoms with E-state index in [2.05, 4.69) is 9.89 Å². The largest absolute Gasteiger partial charge is 0.427 e. The third kappa shape index (κ3) is 4.51. The zero-order valence-corrected chi connectivity index (χ0v) is 21.2. The van der Waals surface area contributed by atoms with Crippen molar-refractivity contribution in [3.63, 3.8) is 0 Å². The highest BCUT2D eigenvalue weighted by atomic mass is 32.2. The number of likely N-dealkylation sites (tertiary alicyclic amines) is 1. The van der Waals surface area contributed by atoms with E-state index in [1.165, 1.54) is 4.90 Å². The summed E-state index contributed by atoms with van der Waals surface area (Å²) >= 11 is 3.36. The Hall–Kier alpha value is -1.72. The van der Waals surface area contributed by atoms with Gasteiger partial charge < -0.3 is 24.4 Å². The topological polar surface area (TPSA) is 109 Å². The smallest absolute Gasteiger partial charge is 0.358 e. The Morgan fingerprint density at radius 3 is 2.58 bits per heavy atom. The van der Waals surface area contributed by atoms with Crippen molar-refractivity contribution in [2.75, 3.05) is 32.2 Å². The van der Waals surface area contributed by atoms with Crippen LogP contribution in [0.2, 0.25) is 0 Å². The molecule has 4 rings (SSSR count). The summed E-state index contributed by atoms with van der Waals surface area (Å²) in [7, 11) is 0. The molecular formula is C22H31N3O6S2. The van der Waals surface area contributed by atoms with Crippen LogP contribution in [-0.2, 0) is 23.9 Å². The Balaban J connectivity index is 1.47. The molecule has 4 aliphatic heterocycles. The van der Waals surface area contributed by atoms with Crippen molar-refractivity contribution in [3.8, 4) is 0 Å². The first-order valence-corrected chi connectivity index (χ1v) is 13.1. The molecule has 2 fully saturated rings. The summed E-state index contributed by atoms with van der Waals surface area (Å²) in [5.74, 6) is -1.06. The molecule has 0 aromatic rings. The van der Waals surface area contributed by atoms with Crippen LogP contribution in [-0.4, -0.2) is 87.5 Å². The van der Waals surface area contributed by atoms with Crippen LogP contribution in [0.15, 0.2) is 15.6 Å². The Labute approximate surface area is 202 Å². The molecule has 0 radical (unpaired) electrons. The van der Waals surface area contributed by atoms with E-state index < -0.39 is 36.2 Å². The highest BCUT2D eigenvalue weighted by Gasteiger charge is 2.60. The van der Waals surface area contributed by atoms with Crippen LogP contribution in [0.4, 0.5) is 0 Å². The summed E-state index contributed by atoms with van der Waals surface area (Å²) in [4.78, 5) is 46.8. The normalized spacial score (nSPS) is 28.2. The molecule has 4 heterocycles. The number of aliphatic hydroxyl groups is 1. The number of rotatable bonds is 6. The number of hydrogen-bond donors (Lipinski definition) is 1. The molecule has 0 aliphatic carbocycles. The van der Waals surface area contributed by atoms with Crippen molar-refractivity contribution in [3.05, 3.63) is 10.6 Å². The van der Waals surface area contributed by atoms with Gasteiger partial charge in [-0.1, -0.05) is 18.7 Å². The fraction of sp³-hybridized carbons (Fsp3) is 0.727. The van der Waals surface area contributed by atoms with Crippen molar-refractivity contribution in [1.29, 1.82) is 0 Å². The first-order chi connectivity index (χ1) is 15.5. The number of nitrogens with zero attached hydrogens (tertiary/aromatic N) is 3. The summed E-state index contributed by atoms with van der Waals surface area (Å²) in [6.45, 7) is 10.7. The second kappa shape index (κ2) is 9.14. The number of ether oxygens (including phenoxy) is 2. The van der Waals surface area contributed by atoms with Gasteiger partial charge in [-0.05, 0) is 27.7 Å². The number of carbonyl (C=O) groups is 3. The van der Waals surface area contributed by atoms with E-state index in [-0.39, 0.29) is 28.8 Å². The van der Waals surface area contributed by atoms with Crippen molar-refractivity contribution in [1.82, 2.24) is 9.80 Å². The van der Waals surface area contributed by atoms with Gasteiger partial charge >= 0.3 is 11.9 Å². The number of amides is 1. The van der Waals surface area contributed by atoms with Crippen LogP contribution in [0.3, 0.4) is 0 Å². The van der Waals surface area contributed by atoms with Crippen molar-refractivity contribution < 1.29 is 29.0 Å². The molecule has 0 bridgehead atoms. The van der Waals surface area contributed by atoms with E-state index in [1.54, 1.807) is 51.2 Å². The lowest BCUT2D eigenvalue weighted by molar-refractivity contribution is -0.175. The SMILES string of the molecule is CC(O)[C@H]1C(=O)N2C(C(=O)OCOC(=O)C(C)(C)C)=C(SC3CN(C4=NCCS4)C3)C(C)[C@H]12. The van der Waals surface area contributed by atoms with Crippen LogP contribution in [0.5, 0.6) is 0 Å². The minimum atomic E-state index is -0.799. The first-order valence-electron chi connectivity index (χ1n) is 11.2. The Bertz CT molecular complexity index is 906. The van der Waals surface area contributed by atoms with E-state index in [9.17, 15) is 19.5 Å². The number of thioether (sulfide) groups is 2. The van der Waals surface area contributed by atoms with Crippen molar-refractivity contribution in [2.45, 2.75) is 52.0 Å². The third-order valence-corrected chi connectivity index (χ3v) is 8.76. The Morgan fingerprint density at radius 2 is 2.00 bits per heavy atom. The number of amidine groups is 1. The minimum Gasteiger partial charge on any atom is -0.427 e. The van der Waals surface area contributed by atoms with Crippen LogP contribution >= 0.6 is 23.5 Å². The molecule has 0 aromatic heterocycles. The molecule has 33 heavy (non-hydrogen) atoms. The number of esters is 2. The molecule has 182 valence electrons. The highest BCUT2D eigenvalue weighted by Crippen LogP contribution is 2.52. The summed E-state index contributed by atoms with van der Waals surface area (Å²) in [6, 6.07) is -0.273. The lowest BCUT2D eigenvalue weighted by Gasteiger charge is -2.46. The molecular weight excluding hydrogens is 466 g/mol. The predicted octanol–water partition coefficient (Wildman–Crippen LogP) is 1.67. The molecule has 9 nitrogen and oxygen atoms in total. The molecule has 1 amide bonds. The average Bonchev–Trinajstić information content (AvgIpc) is 3.29. The third-order valence-electron chi connectivity index (χ3n) is 6.28. The fourth-order valence-electron chi connectivity index (χ4n) is 4.45. The number of carbonyl (C=O) groups excluding carboxylic acids is 3. The standard InChI is InChI=1S/C22H31N3O6S2/c1-11-15-14(12(2)26)18(27)25(15)16(19(28)30-10-31-20(29)22(3,4)5)17(11)33-13-8-24(9-13)21-23-6-7-32-21/h11-15,26H,6-10H2,1-5H3/t11?,12?,14-,15-/m1/s1. The maximum Gasteiger partial charge on any atom is 0.358 e. The van der Waals surface area contributed by atoms with E-state index in [1.807, 2.05) is 6.92 Å². The van der Waals surface area contributed by atoms with E-state index in [0.717, 1.165) is 35.5 Å². The zero-order chi connectivity index (χ0) is 24.1. The molecule has 0 saturated carbocycles. The quantitative estimate of drug-likeness (QED) is 0.333. The monoisotopic (exact) mass is 497 g/mol. The number of hydrogen-bond acceptors (Lipinski definition) is 10. The molecule has 11 heteroatoms. The van der Waals surface area contributed by atoms with Gasteiger partial charge in [0.15, 0.2) is 5.17 Å². The minimum absolute atomic E-state index is 0.0979. The molecule has 4 atom stereocenters. The predicted molar refractivity (Wildman–Crippen MR) is 126 cm³/mol. The maximum absolute atomic E-state index is 13.0. The first kappa shape index (κ1) is 24.4. The van der Waals surface area contributed by atoms with E-state index in [0.29, 0.717) is 0 Å². The molecule has 1 N–H and O–H groups in total. The number of β-lactam (4-membered cyclic amide) rings is 1. The summed E-state index contributed by atoms with van der Waals surface area (Å²) in [5.41, 5.74) is -0.493. The molecule has 0 spiro atoms. The summed E-state index contributed by atoms with van der Waals surface area (Å²) in [5, 5.41) is 11.5. The molecule has 2 unspecified atom stereocenters. The van der Waals surface area contributed by atoms with Gasteiger partial charge in [0, 0.05) is 34.9 Å². The maximum atomic E-state index is 13.0. The van der Waals surface area contributed by atoms with Gasteiger partial charge in [0.1, 0.15) is 5.70 Å². The van der Waals surface area contributed by atoms with Crippen molar-refractivity contribution >= 4 is 46.5 Å². The van der Waals surface area contributed by atoms with Crippen LogP contribution in [0.1, 0.15) is 34.6 Å². The van der Waals surface area contributed by atoms with Gasteiger partial charge in [-0.25, -0.2) is 4.79 Å². The van der Waals surface area contributed by atoms with Gasteiger partial charge in [0.2, 0.25) is 12.7 Å². The van der Waals surface area contributed by atoms with Gasteiger partial charge in [0.25, 0.3) is 0 Å². The molecule has 2 saturated heterocycles. The van der Waals surface area contributed by atoms with Crippen molar-refractivity contribution in [2.24, 2.45) is 22.2 Å². The Kier molecular flexibility index (Phi) is 6.76. The zero-order valence-electron chi connectivity index (χ0n) is 19.6. The summed E-state index contributed by atoms with van der Waals surface area (Å²) < 4.78 is 10.3. The second-order valence-electron chi connectivity index (χ2n) is 9.86. The fourth-order valence-corrected chi connectivity index (χ4v) is 6.85.